The predicted molar refractivity (Wildman–Crippen MR) is 134 cm³/mol. The molecule has 2 aromatic carbocycles. The summed E-state index contributed by atoms with van der Waals surface area (Å²) >= 11 is 0.769. The average Bonchev–Trinajstić information content (AvgIpc) is 3.25. The fourth-order valence-corrected chi connectivity index (χ4v) is 4.38. The predicted octanol–water partition coefficient (Wildman–Crippen LogP) is 3.47. The van der Waals surface area contributed by atoms with Crippen molar-refractivity contribution < 1.29 is 28.2 Å². The summed E-state index contributed by atoms with van der Waals surface area (Å²) in [7, 11) is 0. The number of aliphatic hydroxyl groups excluding tert-OH is 1. The van der Waals surface area contributed by atoms with E-state index in [9.17, 15) is 18.4 Å². The van der Waals surface area contributed by atoms with E-state index in [1.165, 1.54) is 12.1 Å². The molecule has 0 aliphatic carbocycles. The minimum absolute atomic E-state index is 0.0644. The number of ether oxygens (including phenoxy) is 1. The highest BCUT2D eigenvalue weighted by Gasteiger charge is 2.23. The maximum Gasteiger partial charge on any atom is 0.319 e. The minimum Gasteiger partial charge on any atom is -0.471 e. The molecular formula is C24H29F2N5O4S. The third kappa shape index (κ3) is 6.86. The molecule has 36 heavy (non-hydrogen) atoms. The van der Waals surface area contributed by atoms with E-state index in [2.05, 4.69) is 19.9 Å². The van der Waals surface area contributed by atoms with Gasteiger partial charge in [0.2, 0.25) is 5.88 Å². The molecule has 194 valence electrons. The number of hydrogen-bond acceptors (Lipinski definition) is 7. The number of nitrogens with one attached hydrogen (secondary N) is 2. The van der Waals surface area contributed by atoms with E-state index in [-0.39, 0.29) is 34.0 Å². The fourth-order valence-electron chi connectivity index (χ4n) is 3.64. The number of unbranched alkanes of at least 4 members (excludes halogenated alkanes) is 1. The number of hydrogen-bond donors (Lipinski definition) is 4. The number of halogens is 2. The third-order valence-corrected chi connectivity index (χ3v) is 6.32. The number of nitrogens with two attached hydrogens (primary N) is 1. The van der Waals surface area contributed by atoms with E-state index in [1.54, 1.807) is 18.2 Å². The van der Waals surface area contributed by atoms with Gasteiger partial charge < -0.3 is 25.8 Å². The molecule has 0 bridgehead atoms. The first-order valence-corrected chi connectivity index (χ1v) is 12.3. The third-order valence-electron chi connectivity index (χ3n) is 5.57. The monoisotopic (exact) mass is 521 g/mol. The fraction of sp³-hybridized carbons (Fsp3) is 0.375. The zero-order chi connectivity index (χ0) is 26.1. The number of anilines is 1. The lowest BCUT2D eigenvalue weighted by Gasteiger charge is -2.18. The molecule has 3 aromatic rings. The van der Waals surface area contributed by atoms with Crippen molar-refractivity contribution in [2.75, 3.05) is 38.1 Å². The first-order chi connectivity index (χ1) is 17.3. The second-order valence-corrected chi connectivity index (χ2v) is 8.74. The highest BCUT2D eigenvalue weighted by Crippen LogP contribution is 2.32. The van der Waals surface area contributed by atoms with Gasteiger partial charge in [0.15, 0.2) is 0 Å². The summed E-state index contributed by atoms with van der Waals surface area (Å²) in [5, 5.41) is 14.9. The zero-order valence-corrected chi connectivity index (χ0v) is 20.7. The molecule has 5 N–H and O–H groups in total. The Bertz CT molecular complexity index is 1210. The number of urea groups is 1. The number of likely N-dealkylation sites (N-methyl/N-ethyl adjacent to an activating group) is 1. The number of nitrogens with zero attached hydrogens (tertiary/aromatic N) is 2. The Hall–Kier alpha value is -3.35. The summed E-state index contributed by atoms with van der Waals surface area (Å²) in [6.07, 6.45) is 1.55. The van der Waals surface area contributed by atoms with Crippen LogP contribution < -0.4 is 21.1 Å². The largest absolute Gasteiger partial charge is 0.471 e. The Morgan fingerprint density at radius 3 is 2.72 bits per heavy atom. The van der Waals surface area contributed by atoms with Gasteiger partial charge in [0.1, 0.15) is 28.8 Å². The van der Waals surface area contributed by atoms with Crippen LogP contribution in [-0.2, 0) is 6.61 Å². The van der Waals surface area contributed by atoms with Gasteiger partial charge in [0.25, 0.3) is 5.91 Å². The van der Waals surface area contributed by atoms with Crippen LogP contribution in [0, 0.1) is 11.6 Å². The molecule has 1 heterocycles. The van der Waals surface area contributed by atoms with Gasteiger partial charge >= 0.3 is 6.03 Å². The summed E-state index contributed by atoms with van der Waals surface area (Å²) in [4.78, 5) is 26.4. The van der Waals surface area contributed by atoms with Crippen LogP contribution >= 0.6 is 11.5 Å². The Labute approximate surface area is 211 Å². The number of benzene rings is 2. The smallest absolute Gasteiger partial charge is 0.319 e. The molecule has 3 rings (SSSR count). The van der Waals surface area contributed by atoms with Crippen molar-refractivity contribution >= 4 is 39.2 Å². The second kappa shape index (κ2) is 13.1. The number of carbonyl (C=O) groups is 2. The number of fused-ring (bicyclic) bond motifs is 1. The normalized spacial score (nSPS) is 11.1. The lowest BCUT2D eigenvalue weighted by molar-refractivity contribution is 0.0996. The summed E-state index contributed by atoms with van der Waals surface area (Å²) in [6, 6.07) is 7.09. The van der Waals surface area contributed by atoms with Gasteiger partial charge in [-0.2, -0.15) is 4.37 Å². The molecule has 0 fully saturated rings. The number of carbonyl (C=O) groups excluding carboxylic acids is 2. The Morgan fingerprint density at radius 2 is 2.00 bits per heavy atom. The number of aromatic nitrogens is 1. The number of rotatable bonds is 13. The van der Waals surface area contributed by atoms with Gasteiger partial charge in [0, 0.05) is 18.5 Å². The molecule has 9 nitrogen and oxygen atoms in total. The Morgan fingerprint density at radius 1 is 1.22 bits per heavy atom. The lowest BCUT2D eigenvalue weighted by atomic mass is 10.1. The van der Waals surface area contributed by atoms with Gasteiger partial charge in [-0.05, 0) is 48.9 Å². The van der Waals surface area contributed by atoms with Crippen LogP contribution in [0.4, 0.5) is 18.6 Å². The number of amides is 3. The zero-order valence-electron chi connectivity index (χ0n) is 19.9. The van der Waals surface area contributed by atoms with Crippen LogP contribution in [0.3, 0.4) is 0 Å². The SMILES string of the molecule is CCN(CCO)CCCCNC(=O)Nc1snc(OCc2c(F)cc3ccccc3c2F)c1C(N)=O. The summed E-state index contributed by atoms with van der Waals surface area (Å²) in [5.74, 6) is -2.69. The minimum atomic E-state index is -0.906. The van der Waals surface area contributed by atoms with E-state index in [4.69, 9.17) is 15.6 Å². The molecule has 0 saturated carbocycles. The van der Waals surface area contributed by atoms with Gasteiger partial charge in [-0.3, -0.25) is 10.1 Å². The van der Waals surface area contributed by atoms with E-state index < -0.39 is 30.2 Å². The van der Waals surface area contributed by atoms with Crippen LogP contribution in [0.2, 0.25) is 0 Å². The number of primary amides is 1. The van der Waals surface area contributed by atoms with Crippen molar-refractivity contribution in [1.29, 1.82) is 0 Å². The quantitative estimate of drug-likeness (QED) is 0.255. The first kappa shape index (κ1) is 27.2. The molecule has 0 radical (unpaired) electrons. The highest BCUT2D eigenvalue weighted by molar-refractivity contribution is 7.11. The van der Waals surface area contributed by atoms with Crippen LogP contribution in [0.5, 0.6) is 5.88 Å². The molecule has 0 unspecified atom stereocenters. The molecule has 0 aliphatic rings. The summed E-state index contributed by atoms with van der Waals surface area (Å²) < 4.78 is 38.8. The van der Waals surface area contributed by atoms with Gasteiger partial charge in [0.05, 0.1) is 12.2 Å². The molecule has 0 saturated heterocycles. The molecule has 0 spiro atoms. The van der Waals surface area contributed by atoms with Gasteiger partial charge in [-0.25, -0.2) is 13.6 Å². The molecular weight excluding hydrogens is 492 g/mol. The standard InChI is InChI=1S/C24H29F2N5O4S/c1-2-31(11-12-32)10-6-5-9-28-24(34)29-23-19(21(27)33)22(30-36-23)35-14-17-18(25)13-15-7-3-4-8-16(15)20(17)26/h3-4,7-8,13,32H,2,5-6,9-12,14H2,1H3,(H2,27,33)(H2,28,29,34). The Balaban J connectivity index is 1.59. The van der Waals surface area contributed by atoms with Gasteiger partial charge in [-0.1, -0.05) is 31.2 Å². The maximum absolute atomic E-state index is 14.8. The van der Waals surface area contributed by atoms with Gasteiger partial charge in [-0.15, -0.1) is 0 Å². The molecule has 12 heteroatoms. The van der Waals surface area contributed by atoms with E-state index in [1.807, 2.05) is 6.92 Å². The number of aliphatic hydroxyl groups is 1. The lowest BCUT2D eigenvalue weighted by Crippen LogP contribution is -2.31. The topological polar surface area (TPSA) is 130 Å². The van der Waals surface area contributed by atoms with E-state index >= 15 is 0 Å². The average molecular weight is 522 g/mol. The van der Waals surface area contributed by atoms with E-state index in [0.29, 0.717) is 18.5 Å². The molecule has 3 amide bonds. The van der Waals surface area contributed by atoms with Crippen LogP contribution in [-0.4, -0.2) is 59.1 Å². The van der Waals surface area contributed by atoms with Crippen molar-refractivity contribution in [3.8, 4) is 5.88 Å². The van der Waals surface area contributed by atoms with Crippen molar-refractivity contribution in [1.82, 2.24) is 14.6 Å². The van der Waals surface area contributed by atoms with Crippen LogP contribution in [0.15, 0.2) is 30.3 Å². The van der Waals surface area contributed by atoms with Crippen LogP contribution in [0.1, 0.15) is 35.7 Å². The molecule has 0 aliphatic heterocycles. The van der Waals surface area contributed by atoms with E-state index in [0.717, 1.165) is 37.5 Å². The summed E-state index contributed by atoms with van der Waals surface area (Å²) in [6.45, 7) is 4.24. The molecule has 0 atom stereocenters. The first-order valence-electron chi connectivity index (χ1n) is 11.5. The highest BCUT2D eigenvalue weighted by atomic mass is 32.1. The van der Waals surface area contributed by atoms with Crippen molar-refractivity contribution in [3.05, 3.63) is 53.1 Å². The van der Waals surface area contributed by atoms with Crippen LogP contribution in [0.25, 0.3) is 10.8 Å². The molecule has 1 aromatic heterocycles. The van der Waals surface area contributed by atoms with Crippen molar-refractivity contribution in [2.24, 2.45) is 5.73 Å². The van der Waals surface area contributed by atoms with Crippen molar-refractivity contribution in [2.45, 2.75) is 26.4 Å². The summed E-state index contributed by atoms with van der Waals surface area (Å²) in [5.41, 5.74) is 4.95. The van der Waals surface area contributed by atoms with Crippen molar-refractivity contribution in [3.63, 3.8) is 0 Å². The maximum atomic E-state index is 14.8. The Kier molecular flexibility index (Phi) is 9.91. The second-order valence-electron chi connectivity index (χ2n) is 7.96.